The zero-order chi connectivity index (χ0) is 14.7. The minimum absolute atomic E-state index is 0.0684. The lowest BCUT2D eigenvalue weighted by Crippen LogP contribution is -2.25. The van der Waals surface area contributed by atoms with Crippen molar-refractivity contribution in [3.8, 4) is 0 Å². The molecule has 21 heavy (non-hydrogen) atoms. The van der Waals surface area contributed by atoms with E-state index in [9.17, 15) is 9.59 Å². The van der Waals surface area contributed by atoms with Crippen LogP contribution in [0.1, 0.15) is 29.0 Å². The van der Waals surface area contributed by atoms with Gasteiger partial charge in [-0.25, -0.2) is 5.43 Å². The molecule has 2 heterocycles. The third kappa shape index (κ3) is 3.00. The summed E-state index contributed by atoms with van der Waals surface area (Å²) >= 11 is 0. The van der Waals surface area contributed by atoms with Crippen molar-refractivity contribution in [3.63, 3.8) is 0 Å². The van der Waals surface area contributed by atoms with E-state index in [1.54, 1.807) is 24.3 Å². The Morgan fingerprint density at radius 1 is 1.19 bits per heavy atom. The van der Waals surface area contributed by atoms with E-state index in [1.165, 1.54) is 6.26 Å². The number of furan rings is 1. The van der Waals surface area contributed by atoms with Gasteiger partial charge in [0.15, 0.2) is 5.76 Å². The Kier molecular flexibility index (Phi) is 3.51. The molecule has 1 aliphatic heterocycles. The zero-order valence-corrected chi connectivity index (χ0v) is 11.1. The van der Waals surface area contributed by atoms with Gasteiger partial charge in [0, 0.05) is 18.5 Å². The van der Waals surface area contributed by atoms with Crippen molar-refractivity contribution >= 4 is 23.2 Å². The Morgan fingerprint density at radius 2 is 2.00 bits per heavy atom. The molecule has 106 valence electrons. The maximum Gasteiger partial charge on any atom is 0.291 e. The molecule has 0 fully saturated rings. The molecule has 3 rings (SSSR count). The molecule has 2 aromatic rings. The highest BCUT2D eigenvalue weighted by atomic mass is 16.3. The first-order valence-corrected chi connectivity index (χ1v) is 6.53. The molecule has 2 N–H and O–H groups in total. The van der Waals surface area contributed by atoms with Gasteiger partial charge < -0.3 is 9.73 Å². The normalized spacial score (nSPS) is 14.3. The number of anilines is 1. The van der Waals surface area contributed by atoms with Crippen molar-refractivity contribution in [1.82, 2.24) is 5.43 Å². The smallest absolute Gasteiger partial charge is 0.291 e. The van der Waals surface area contributed by atoms with Crippen LogP contribution in [0.4, 0.5) is 5.69 Å². The van der Waals surface area contributed by atoms with Crippen LogP contribution in [-0.4, -0.2) is 17.5 Å². The largest absolute Gasteiger partial charge is 0.459 e. The fourth-order valence-electron chi connectivity index (χ4n) is 2.03. The van der Waals surface area contributed by atoms with E-state index in [1.807, 2.05) is 12.1 Å². The van der Waals surface area contributed by atoms with Gasteiger partial charge in [0.1, 0.15) is 0 Å². The van der Waals surface area contributed by atoms with Crippen LogP contribution in [-0.2, 0) is 4.79 Å². The van der Waals surface area contributed by atoms with Gasteiger partial charge in [0.25, 0.3) is 5.91 Å². The van der Waals surface area contributed by atoms with Gasteiger partial charge in [0.2, 0.25) is 5.91 Å². The number of nitrogens with zero attached hydrogens (tertiary/aromatic N) is 1. The molecule has 6 heteroatoms. The van der Waals surface area contributed by atoms with Crippen LogP contribution in [0, 0.1) is 0 Å². The van der Waals surface area contributed by atoms with Crippen molar-refractivity contribution in [2.45, 2.75) is 12.8 Å². The summed E-state index contributed by atoms with van der Waals surface area (Å²) in [5.41, 5.74) is 4.88. The van der Waals surface area contributed by atoms with Crippen molar-refractivity contribution in [3.05, 3.63) is 54.0 Å². The van der Waals surface area contributed by atoms with Crippen LogP contribution < -0.4 is 10.7 Å². The Labute approximate surface area is 120 Å². The molecule has 0 spiro atoms. The van der Waals surface area contributed by atoms with Crippen LogP contribution >= 0.6 is 0 Å². The van der Waals surface area contributed by atoms with Crippen molar-refractivity contribution in [2.75, 3.05) is 5.32 Å². The summed E-state index contributed by atoms with van der Waals surface area (Å²) in [5, 5.41) is 6.77. The quantitative estimate of drug-likeness (QED) is 0.905. The van der Waals surface area contributed by atoms with Crippen LogP contribution in [0.15, 0.2) is 52.2 Å². The molecular formula is C15H13N3O3. The number of rotatable bonds is 3. The summed E-state index contributed by atoms with van der Waals surface area (Å²) in [6, 6.07) is 10.5. The molecule has 0 aliphatic carbocycles. The molecule has 2 amide bonds. The fourth-order valence-corrected chi connectivity index (χ4v) is 2.03. The molecule has 1 aromatic heterocycles. The lowest BCUT2D eigenvalue weighted by molar-refractivity contribution is -0.121. The number of carbonyl (C=O) groups excluding carboxylic acids is 2. The van der Waals surface area contributed by atoms with Crippen molar-refractivity contribution in [1.29, 1.82) is 0 Å². The van der Waals surface area contributed by atoms with E-state index in [-0.39, 0.29) is 17.6 Å². The minimum Gasteiger partial charge on any atom is -0.459 e. The first-order valence-electron chi connectivity index (χ1n) is 6.53. The number of carbonyl (C=O) groups is 2. The SMILES string of the molecule is O=C1CCC(c2ccc(NC(=O)c3ccco3)cc2)=NN1. The van der Waals surface area contributed by atoms with E-state index in [0.717, 1.165) is 11.3 Å². The molecule has 1 aliphatic rings. The van der Waals surface area contributed by atoms with E-state index in [2.05, 4.69) is 15.8 Å². The van der Waals surface area contributed by atoms with Gasteiger partial charge in [0.05, 0.1) is 12.0 Å². The van der Waals surface area contributed by atoms with Gasteiger partial charge >= 0.3 is 0 Å². The summed E-state index contributed by atoms with van der Waals surface area (Å²) in [6.45, 7) is 0. The number of nitrogens with one attached hydrogen (secondary N) is 2. The zero-order valence-electron chi connectivity index (χ0n) is 11.1. The second-order valence-corrected chi connectivity index (χ2v) is 4.60. The predicted molar refractivity (Wildman–Crippen MR) is 77.0 cm³/mol. The second kappa shape index (κ2) is 5.62. The van der Waals surface area contributed by atoms with Gasteiger partial charge in [-0.15, -0.1) is 0 Å². The highest BCUT2D eigenvalue weighted by Gasteiger charge is 2.13. The summed E-state index contributed by atoms with van der Waals surface area (Å²) < 4.78 is 5.03. The van der Waals surface area contributed by atoms with Gasteiger partial charge in [-0.1, -0.05) is 12.1 Å². The Morgan fingerprint density at radius 3 is 2.62 bits per heavy atom. The summed E-state index contributed by atoms with van der Waals surface area (Å²) in [7, 11) is 0. The number of benzene rings is 1. The highest BCUT2D eigenvalue weighted by Crippen LogP contribution is 2.15. The second-order valence-electron chi connectivity index (χ2n) is 4.60. The average Bonchev–Trinajstić information content (AvgIpc) is 3.03. The Balaban J connectivity index is 1.70. The topological polar surface area (TPSA) is 83.7 Å². The third-order valence-corrected chi connectivity index (χ3v) is 3.13. The van der Waals surface area contributed by atoms with Gasteiger partial charge in [-0.3, -0.25) is 9.59 Å². The van der Waals surface area contributed by atoms with Gasteiger partial charge in [-0.2, -0.15) is 5.10 Å². The lowest BCUT2D eigenvalue weighted by Gasteiger charge is -2.12. The molecule has 0 radical (unpaired) electrons. The summed E-state index contributed by atoms with van der Waals surface area (Å²) in [6.07, 6.45) is 2.51. The van der Waals surface area contributed by atoms with Crippen LogP contribution in [0.2, 0.25) is 0 Å². The first kappa shape index (κ1) is 13.1. The van der Waals surface area contributed by atoms with Crippen LogP contribution in [0.5, 0.6) is 0 Å². The number of hydrogen-bond donors (Lipinski definition) is 2. The predicted octanol–water partition coefficient (Wildman–Crippen LogP) is 2.15. The first-order chi connectivity index (χ1) is 10.2. The fraction of sp³-hybridized carbons (Fsp3) is 0.133. The van der Waals surface area contributed by atoms with Crippen LogP contribution in [0.3, 0.4) is 0 Å². The van der Waals surface area contributed by atoms with Crippen molar-refractivity contribution < 1.29 is 14.0 Å². The van der Waals surface area contributed by atoms with Gasteiger partial charge in [-0.05, 0) is 29.8 Å². The Hall–Kier alpha value is -2.89. The molecule has 6 nitrogen and oxygen atoms in total. The van der Waals surface area contributed by atoms with Crippen molar-refractivity contribution in [2.24, 2.45) is 5.10 Å². The molecule has 0 atom stereocenters. The monoisotopic (exact) mass is 283 g/mol. The molecular weight excluding hydrogens is 270 g/mol. The summed E-state index contributed by atoms with van der Waals surface area (Å²) in [5.74, 6) is -0.102. The lowest BCUT2D eigenvalue weighted by atomic mass is 10.0. The molecule has 0 bridgehead atoms. The molecule has 0 saturated heterocycles. The number of hydrazone groups is 1. The number of hydrogen-bond acceptors (Lipinski definition) is 4. The van der Waals surface area contributed by atoms with E-state index >= 15 is 0 Å². The molecule has 1 aromatic carbocycles. The maximum atomic E-state index is 11.8. The summed E-state index contributed by atoms with van der Waals surface area (Å²) in [4.78, 5) is 22.9. The molecule has 0 unspecified atom stereocenters. The van der Waals surface area contributed by atoms with E-state index < -0.39 is 0 Å². The standard InChI is InChI=1S/C15H13N3O3/c19-14-8-7-12(17-18-14)10-3-5-11(6-4-10)16-15(20)13-2-1-9-21-13/h1-6,9H,7-8H2,(H,16,20)(H,18,19). The maximum absolute atomic E-state index is 11.8. The third-order valence-electron chi connectivity index (χ3n) is 3.13. The average molecular weight is 283 g/mol. The van der Waals surface area contributed by atoms with E-state index in [4.69, 9.17) is 4.42 Å². The van der Waals surface area contributed by atoms with Crippen LogP contribution in [0.25, 0.3) is 0 Å². The Bertz CT molecular complexity index is 687. The molecule has 0 saturated carbocycles. The van der Waals surface area contributed by atoms with E-state index in [0.29, 0.717) is 18.5 Å². The number of amides is 2. The highest BCUT2D eigenvalue weighted by molar-refractivity contribution is 6.05. The minimum atomic E-state index is -0.296.